The van der Waals surface area contributed by atoms with Crippen molar-refractivity contribution in [2.24, 2.45) is 11.1 Å². The number of nitrogens with two attached hydrogens (primary N) is 1. The van der Waals surface area contributed by atoms with Gasteiger partial charge in [0.2, 0.25) is 0 Å². The maximum absolute atomic E-state index is 6.06. The normalized spacial score (nSPS) is 39.5. The highest BCUT2D eigenvalue weighted by Crippen LogP contribution is 2.47. The number of ether oxygens (including phenoxy) is 1. The van der Waals surface area contributed by atoms with E-state index in [4.69, 9.17) is 10.5 Å². The summed E-state index contributed by atoms with van der Waals surface area (Å²) in [6, 6.07) is 1.04. The van der Waals surface area contributed by atoms with Gasteiger partial charge in [0.05, 0.1) is 0 Å². The standard InChI is InChI=1S/C9H18N2O/c1-11-8-6-7(10)9(8)2-4-12-5-3-9/h7-8,11H,2-6,10H2,1H3. The molecule has 0 aromatic heterocycles. The summed E-state index contributed by atoms with van der Waals surface area (Å²) in [5.41, 5.74) is 6.43. The summed E-state index contributed by atoms with van der Waals surface area (Å²) in [7, 11) is 2.04. The molecule has 1 heterocycles. The van der Waals surface area contributed by atoms with Crippen LogP contribution in [0.3, 0.4) is 0 Å². The van der Waals surface area contributed by atoms with Crippen LogP contribution in [0.5, 0.6) is 0 Å². The minimum Gasteiger partial charge on any atom is -0.381 e. The summed E-state index contributed by atoms with van der Waals surface area (Å²) in [6.45, 7) is 1.79. The van der Waals surface area contributed by atoms with Gasteiger partial charge in [0.25, 0.3) is 0 Å². The Hall–Kier alpha value is -0.120. The highest BCUT2D eigenvalue weighted by atomic mass is 16.5. The minimum atomic E-state index is 0.368. The highest BCUT2D eigenvalue weighted by molar-refractivity contribution is 5.09. The molecule has 3 N–H and O–H groups in total. The van der Waals surface area contributed by atoms with Crippen LogP contribution in [-0.4, -0.2) is 32.3 Å². The van der Waals surface area contributed by atoms with Crippen LogP contribution < -0.4 is 11.1 Å². The summed E-state index contributed by atoms with van der Waals surface area (Å²) in [5, 5.41) is 3.36. The van der Waals surface area contributed by atoms with Gasteiger partial charge in [-0.25, -0.2) is 0 Å². The molecule has 0 bridgehead atoms. The van der Waals surface area contributed by atoms with Gasteiger partial charge in [0.15, 0.2) is 0 Å². The van der Waals surface area contributed by atoms with Crippen LogP contribution in [0.1, 0.15) is 19.3 Å². The molecule has 1 spiro atoms. The van der Waals surface area contributed by atoms with E-state index in [1.165, 1.54) is 0 Å². The van der Waals surface area contributed by atoms with Crippen molar-refractivity contribution >= 4 is 0 Å². The van der Waals surface area contributed by atoms with Crippen LogP contribution in [0, 0.1) is 5.41 Å². The van der Waals surface area contributed by atoms with E-state index >= 15 is 0 Å². The third-order valence-electron chi connectivity index (χ3n) is 3.69. The van der Waals surface area contributed by atoms with Crippen LogP contribution in [0.4, 0.5) is 0 Å². The minimum absolute atomic E-state index is 0.368. The Morgan fingerprint density at radius 3 is 2.58 bits per heavy atom. The largest absolute Gasteiger partial charge is 0.381 e. The lowest BCUT2D eigenvalue weighted by molar-refractivity contribution is -0.0686. The maximum Gasteiger partial charge on any atom is 0.0472 e. The zero-order valence-electron chi connectivity index (χ0n) is 7.68. The Balaban J connectivity index is 2.05. The first kappa shape index (κ1) is 8.48. The first-order valence-corrected chi connectivity index (χ1v) is 4.80. The molecule has 0 aromatic rings. The van der Waals surface area contributed by atoms with Crippen molar-refractivity contribution in [2.45, 2.75) is 31.3 Å². The van der Waals surface area contributed by atoms with Gasteiger partial charge in [-0.15, -0.1) is 0 Å². The van der Waals surface area contributed by atoms with Gasteiger partial charge in [-0.3, -0.25) is 0 Å². The molecule has 2 unspecified atom stereocenters. The number of nitrogens with one attached hydrogen (secondary N) is 1. The van der Waals surface area contributed by atoms with Crippen LogP contribution in [-0.2, 0) is 4.74 Å². The summed E-state index contributed by atoms with van der Waals surface area (Å²) in [6.07, 6.45) is 3.41. The molecule has 0 aromatic carbocycles. The lowest BCUT2D eigenvalue weighted by Gasteiger charge is -2.56. The van der Waals surface area contributed by atoms with Crippen LogP contribution in [0.25, 0.3) is 0 Å². The molecule has 70 valence electrons. The topological polar surface area (TPSA) is 47.3 Å². The Morgan fingerprint density at radius 1 is 1.42 bits per heavy atom. The van der Waals surface area contributed by atoms with Crippen molar-refractivity contribution in [3.63, 3.8) is 0 Å². The Labute approximate surface area is 73.7 Å². The SMILES string of the molecule is CNC1CC(N)C12CCOCC2. The van der Waals surface area contributed by atoms with E-state index in [0.717, 1.165) is 32.5 Å². The van der Waals surface area contributed by atoms with E-state index in [1.807, 2.05) is 7.05 Å². The van der Waals surface area contributed by atoms with E-state index in [9.17, 15) is 0 Å². The second-order valence-corrected chi connectivity index (χ2v) is 4.03. The molecule has 2 rings (SSSR count). The number of rotatable bonds is 1. The third-order valence-corrected chi connectivity index (χ3v) is 3.69. The fourth-order valence-corrected chi connectivity index (χ4v) is 2.70. The quantitative estimate of drug-likeness (QED) is 0.587. The van der Waals surface area contributed by atoms with Crippen molar-refractivity contribution in [2.75, 3.05) is 20.3 Å². The molecule has 1 saturated heterocycles. The summed E-state index contributed by atoms with van der Waals surface area (Å²) >= 11 is 0. The molecule has 2 atom stereocenters. The molecule has 0 amide bonds. The second kappa shape index (κ2) is 2.98. The number of hydrogen-bond acceptors (Lipinski definition) is 3. The van der Waals surface area contributed by atoms with E-state index in [-0.39, 0.29) is 0 Å². The average Bonchev–Trinajstić information content (AvgIpc) is 2.15. The second-order valence-electron chi connectivity index (χ2n) is 4.03. The smallest absolute Gasteiger partial charge is 0.0472 e. The Bertz CT molecular complexity index is 166. The Morgan fingerprint density at radius 2 is 2.08 bits per heavy atom. The molecule has 3 heteroatoms. The number of hydrogen-bond donors (Lipinski definition) is 2. The molecule has 1 aliphatic carbocycles. The molecule has 12 heavy (non-hydrogen) atoms. The van der Waals surface area contributed by atoms with Crippen molar-refractivity contribution in [3.8, 4) is 0 Å². The van der Waals surface area contributed by atoms with Crippen molar-refractivity contribution in [1.29, 1.82) is 0 Å². The average molecular weight is 170 g/mol. The lowest BCUT2D eigenvalue weighted by Crippen LogP contribution is -2.67. The maximum atomic E-state index is 6.06. The van der Waals surface area contributed by atoms with E-state index < -0.39 is 0 Å². The molecule has 1 aliphatic heterocycles. The fraction of sp³-hybridized carbons (Fsp3) is 1.00. The zero-order valence-corrected chi connectivity index (χ0v) is 7.68. The van der Waals surface area contributed by atoms with E-state index in [0.29, 0.717) is 17.5 Å². The van der Waals surface area contributed by atoms with Crippen molar-refractivity contribution < 1.29 is 4.74 Å². The first-order chi connectivity index (χ1) is 5.79. The van der Waals surface area contributed by atoms with Gasteiger partial charge in [-0.2, -0.15) is 0 Å². The molecule has 3 nitrogen and oxygen atoms in total. The summed E-state index contributed by atoms with van der Waals surface area (Å²) in [4.78, 5) is 0. The predicted molar refractivity (Wildman–Crippen MR) is 47.9 cm³/mol. The van der Waals surface area contributed by atoms with Gasteiger partial charge in [0, 0.05) is 30.7 Å². The van der Waals surface area contributed by atoms with E-state index in [1.54, 1.807) is 0 Å². The molecular weight excluding hydrogens is 152 g/mol. The van der Waals surface area contributed by atoms with Crippen molar-refractivity contribution in [1.82, 2.24) is 5.32 Å². The molecule has 2 aliphatic rings. The highest BCUT2D eigenvalue weighted by Gasteiger charge is 2.52. The monoisotopic (exact) mass is 170 g/mol. The predicted octanol–water partition coefficient (Wildman–Crippen LogP) is 0.102. The van der Waals surface area contributed by atoms with Gasteiger partial charge >= 0.3 is 0 Å². The van der Waals surface area contributed by atoms with Crippen LogP contribution in [0.2, 0.25) is 0 Å². The summed E-state index contributed by atoms with van der Waals surface area (Å²) < 4.78 is 5.36. The molecule has 0 radical (unpaired) electrons. The van der Waals surface area contributed by atoms with Crippen molar-refractivity contribution in [3.05, 3.63) is 0 Å². The van der Waals surface area contributed by atoms with Crippen LogP contribution in [0.15, 0.2) is 0 Å². The molecule has 2 fully saturated rings. The third kappa shape index (κ3) is 1.00. The zero-order chi connectivity index (χ0) is 8.60. The summed E-state index contributed by atoms with van der Waals surface area (Å²) in [5.74, 6) is 0. The fourth-order valence-electron chi connectivity index (χ4n) is 2.70. The van der Waals surface area contributed by atoms with Crippen LogP contribution >= 0.6 is 0 Å². The van der Waals surface area contributed by atoms with Gasteiger partial charge in [-0.05, 0) is 26.3 Å². The molecule has 1 saturated carbocycles. The van der Waals surface area contributed by atoms with Gasteiger partial charge in [0.1, 0.15) is 0 Å². The Kier molecular flexibility index (Phi) is 2.10. The first-order valence-electron chi connectivity index (χ1n) is 4.80. The van der Waals surface area contributed by atoms with E-state index in [2.05, 4.69) is 5.32 Å². The van der Waals surface area contributed by atoms with Gasteiger partial charge in [-0.1, -0.05) is 0 Å². The lowest BCUT2D eigenvalue weighted by atomic mass is 9.57. The molecular formula is C9H18N2O. The van der Waals surface area contributed by atoms with Gasteiger partial charge < -0.3 is 15.8 Å².